The van der Waals surface area contributed by atoms with Crippen molar-refractivity contribution >= 4 is 16.9 Å². The molecule has 0 aliphatic carbocycles. The summed E-state index contributed by atoms with van der Waals surface area (Å²) in [5.41, 5.74) is 1.19. The van der Waals surface area contributed by atoms with E-state index in [4.69, 9.17) is 4.42 Å². The van der Waals surface area contributed by atoms with Crippen molar-refractivity contribution in [1.29, 1.82) is 0 Å². The number of rotatable bonds is 2. The fourth-order valence-electron chi connectivity index (χ4n) is 1.31. The van der Waals surface area contributed by atoms with Crippen LogP contribution in [0.2, 0.25) is 0 Å². The number of aliphatic imine (C=N–C) groups is 1. The Bertz CT molecular complexity index is 333. The summed E-state index contributed by atoms with van der Waals surface area (Å²) in [4.78, 5) is 4.39. The maximum atomic E-state index is 5.33. The minimum atomic E-state index is 0.741. The van der Waals surface area contributed by atoms with Gasteiger partial charge in [0.2, 0.25) is 0 Å². The van der Waals surface area contributed by atoms with Crippen LogP contribution in [-0.4, -0.2) is 17.5 Å². The topological polar surface area (TPSA) is 37.5 Å². The molecular weight excluding hydrogens is 196 g/mol. The SMILES string of the molecule is Cc1ccoc1CNC1=NCCCS1. The van der Waals surface area contributed by atoms with Crippen molar-refractivity contribution in [2.45, 2.75) is 19.9 Å². The molecule has 0 amide bonds. The maximum Gasteiger partial charge on any atom is 0.156 e. The van der Waals surface area contributed by atoms with Crippen molar-refractivity contribution in [3.05, 3.63) is 23.7 Å². The molecule has 3 nitrogen and oxygen atoms in total. The number of furan rings is 1. The molecule has 1 aromatic rings. The molecule has 0 spiro atoms. The Balaban J connectivity index is 1.88. The lowest BCUT2D eigenvalue weighted by Crippen LogP contribution is -2.23. The molecule has 0 saturated heterocycles. The number of hydrogen-bond acceptors (Lipinski definition) is 4. The smallest absolute Gasteiger partial charge is 0.156 e. The van der Waals surface area contributed by atoms with Gasteiger partial charge in [0, 0.05) is 12.3 Å². The molecule has 0 fully saturated rings. The van der Waals surface area contributed by atoms with Crippen LogP contribution in [0.3, 0.4) is 0 Å². The van der Waals surface area contributed by atoms with Crippen molar-refractivity contribution in [2.75, 3.05) is 12.3 Å². The van der Waals surface area contributed by atoms with E-state index in [-0.39, 0.29) is 0 Å². The largest absolute Gasteiger partial charge is 0.467 e. The predicted molar refractivity (Wildman–Crippen MR) is 59.7 cm³/mol. The highest BCUT2D eigenvalue weighted by atomic mass is 32.2. The van der Waals surface area contributed by atoms with Crippen molar-refractivity contribution in [1.82, 2.24) is 5.32 Å². The molecular formula is C10H14N2OS. The summed E-state index contributed by atoms with van der Waals surface area (Å²) in [6.07, 6.45) is 2.91. The van der Waals surface area contributed by atoms with Crippen LogP contribution >= 0.6 is 11.8 Å². The van der Waals surface area contributed by atoms with Gasteiger partial charge < -0.3 is 9.73 Å². The molecule has 1 aromatic heterocycles. The van der Waals surface area contributed by atoms with Crippen LogP contribution in [0.15, 0.2) is 21.7 Å². The van der Waals surface area contributed by atoms with E-state index in [1.165, 1.54) is 17.7 Å². The molecule has 14 heavy (non-hydrogen) atoms. The van der Waals surface area contributed by atoms with Crippen LogP contribution in [0.25, 0.3) is 0 Å². The lowest BCUT2D eigenvalue weighted by molar-refractivity contribution is 0.501. The van der Waals surface area contributed by atoms with Crippen molar-refractivity contribution in [3.8, 4) is 0 Å². The van der Waals surface area contributed by atoms with E-state index in [2.05, 4.69) is 17.2 Å². The van der Waals surface area contributed by atoms with E-state index in [1.54, 1.807) is 18.0 Å². The highest BCUT2D eigenvalue weighted by molar-refractivity contribution is 8.13. The summed E-state index contributed by atoms with van der Waals surface area (Å²) in [6, 6.07) is 1.98. The van der Waals surface area contributed by atoms with Gasteiger partial charge >= 0.3 is 0 Å². The van der Waals surface area contributed by atoms with Crippen LogP contribution in [0.4, 0.5) is 0 Å². The molecule has 1 N–H and O–H groups in total. The summed E-state index contributed by atoms with van der Waals surface area (Å²) in [5.74, 6) is 2.17. The average molecular weight is 210 g/mol. The van der Waals surface area contributed by atoms with Gasteiger partial charge in [0.1, 0.15) is 5.76 Å². The summed E-state index contributed by atoms with van der Waals surface area (Å²) in [6.45, 7) is 3.74. The Morgan fingerprint density at radius 1 is 1.64 bits per heavy atom. The number of hydrogen-bond donors (Lipinski definition) is 1. The second-order valence-electron chi connectivity index (χ2n) is 3.27. The average Bonchev–Trinajstić information content (AvgIpc) is 2.63. The molecule has 4 heteroatoms. The Morgan fingerprint density at radius 2 is 2.57 bits per heavy atom. The van der Waals surface area contributed by atoms with Gasteiger partial charge in [0.05, 0.1) is 12.8 Å². The predicted octanol–water partition coefficient (Wildman–Crippen LogP) is 2.17. The van der Waals surface area contributed by atoms with Gasteiger partial charge in [-0.05, 0) is 25.0 Å². The first kappa shape index (κ1) is 9.65. The lowest BCUT2D eigenvalue weighted by atomic mass is 10.3. The van der Waals surface area contributed by atoms with Crippen LogP contribution in [0.5, 0.6) is 0 Å². The Hall–Kier alpha value is -0.900. The van der Waals surface area contributed by atoms with Gasteiger partial charge in [-0.2, -0.15) is 0 Å². The number of aryl methyl sites for hydroxylation is 1. The molecule has 1 aliphatic rings. The van der Waals surface area contributed by atoms with E-state index in [0.29, 0.717) is 0 Å². The summed E-state index contributed by atoms with van der Waals surface area (Å²) in [7, 11) is 0. The molecule has 0 radical (unpaired) electrons. The molecule has 0 aromatic carbocycles. The lowest BCUT2D eigenvalue weighted by Gasteiger charge is -2.12. The molecule has 0 saturated carbocycles. The zero-order valence-electron chi connectivity index (χ0n) is 8.25. The van der Waals surface area contributed by atoms with E-state index in [0.717, 1.165) is 24.0 Å². The zero-order chi connectivity index (χ0) is 9.80. The van der Waals surface area contributed by atoms with Gasteiger partial charge in [-0.1, -0.05) is 11.8 Å². The van der Waals surface area contributed by atoms with Crippen LogP contribution in [0, 0.1) is 6.92 Å². The molecule has 0 atom stereocenters. The van der Waals surface area contributed by atoms with Gasteiger partial charge in [-0.25, -0.2) is 0 Å². The zero-order valence-corrected chi connectivity index (χ0v) is 9.06. The fourth-order valence-corrected chi connectivity index (χ4v) is 2.13. The normalized spacial score (nSPS) is 16.5. The maximum absolute atomic E-state index is 5.33. The van der Waals surface area contributed by atoms with Crippen molar-refractivity contribution < 1.29 is 4.42 Å². The first-order valence-electron chi connectivity index (χ1n) is 4.80. The Kier molecular flexibility index (Phi) is 3.14. The third-order valence-electron chi connectivity index (χ3n) is 2.16. The standard InChI is InChI=1S/C10H14N2OS/c1-8-3-5-13-9(8)7-12-10-11-4-2-6-14-10/h3,5H,2,4,6-7H2,1H3,(H,11,12). The fraction of sp³-hybridized carbons (Fsp3) is 0.500. The van der Waals surface area contributed by atoms with Crippen LogP contribution in [-0.2, 0) is 6.54 Å². The first-order chi connectivity index (χ1) is 6.86. The minimum Gasteiger partial charge on any atom is -0.467 e. The molecule has 2 heterocycles. The van der Waals surface area contributed by atoms with Gasteiger partial charge in [-0.3, -0.25) is 4.99 Å². The van der Waals surface area contributed by atoms with Gasteiger partial charge in [0.25, 0.3) is 0 Å². The molecule has 2 rings (SSSR count). The van der Waals surface area contributed by atoms with Crippen LogP contribution < -0.4 is 5.32 Å². The quantitative estimate of drug-likeness (QED) is 0.813. The van der Waals surface area contributed by atoms with E-state index >= 15 is 0 Å². The Labute approximate surface area is 88.0 Å². The minimum absolute atomic E-state index is 0.741. The summed E-state index contributed by atoms with van der Waals surface area (Å²) in [5, 5.41) is 4.33. The molecule has 1 aliphatic heterocycles. The molecule has 76 valence electrons. The molecule has 0 unspecified atom stereocenters. The Morgan fingerprint density at radius 3 is 3.21 bits per heavy atom. The highest BCUT2D eigenvalue weighted by Crippen LogP contribution is 2.12. The van der Waals surface area contributed by atoms with E-state index in [9.17, 15) is 0 Å². The second-order valence-corrected chi connectivity index (χ2v) is 4.35. The monoisotopic (exact) mass is 210 g/mol. The van der Waals surface area contributed by atoms with Crippen LogP contribution in [0.1, 0.15) is 17.7 Å². The van der Waals surface area contributed by atoms with Crippen molar-refractivity contribution in [2.24, 2.45) is 4.99 Å². The summed E-state index contributed by atoms with van der Waals surface area (Å²) < 4.78 is 5.33. The van der Waals surface area contributed by atoms with Crippen molar-refractivity contribution in [3.63, 3.8) is 0 Å². The number of thioether (sulfide) groups is 1. The van der Waals surface area contributed by atoms with E-state index in [1.807, 2.05) is 6.07 Å². The molecule has 0 bridgehead atoms. The second kappa shape index (κ2) is 4.55. The van der Waals surface area contributed by atoms with E-state index < -0.39 is 0 Å². The highest BCUT2D eigenvalue weighted by Gasteiger charge is 2.07. The first-order valence-corrected chi connectivity index (χ1v) is 5.79. The number of nitrogens with zero attached hydrogens (tertiary/aromatic N) is 1. The van der Waals surface area contributed by atoms with Gasteiger partial charge in [0.15, 0.2) is 5.17 Å². The third kappa shape index (κ3) is 2.32. The summed E-state index contributed by atoms with van der Waals surface area (Å²) >= 11 is 1.79. The third-order valence-corrected chi connectivity index (χ3v) is 3.20. The van der Waals surface area contributed by atoms with Gasteiger partial charge in [-0.15, -0.1) is 0 Å². The number of amidine groups is 1. The number of nitrogens with one attached hydrogen (secondary N) is 1.